The van der Waals surface area contributed by atoms with Crippen molar-refractivity contribution >= 4 is 146 Å². The molecule has 0 fully saturated rings. The fourth-order valence-electron chi connectivity index (χ4n) is 7.11. The fourth-order valence-corrected chi connectivity index (χ4v) is 11.7. The number of nitriles is 1. The van der Waals surface area contributed by atoms with Gasteiger partial charge in [0.1, 0.15) is 54.6 Å². The summed E-state index contributed by atoms with van der Waals surface area (Å²) in [7, 11) is -19.9. The molecule has 8 rings (SSSR count). The number of aromatic nitrogens is 3. The number of halogens is 2. The van der Waals surface area contributed by atoms with Crippen LogP contribution in [0.5, 0.6) is 17.4 Å². The van der Waals surface area contributed by atoms with Crippen LogP contribution in [0.3, 0.4) is 0 Å². The molecule has 25 nitrogen and oxygen atoms in total. The van der Waals surface area contributed by atoms with Crippen molar-refractivity contribution in [2.45, 2.75) is 35.0 Å². The van der Waals surface area contributed by atoms with Crippen molar-refractivity contribution in [3.63, 3.8) is 0 Å². The Morgan fingerprint density at radius 3 is 2.07 bits per heavy atom. The molecule has 0 unspecified atom stereocenters. The highest BCUT2D eigenvalue weighted by atomic mass is 35.5. The number of imidazole rings is 1. The van der Waals surface area contributed by atoms with Crippen LogP contribution in [0.1, 0.15) is 23.1 Å². The van der Waals surface area contributed by atoms with Gasteiger partial charge in [0.25, 0.3) is 40.5 Å². The molecule has 6 N–H and O–H groups in total. The van der Waals surface area contributed by atoms with Crippen molar-refractivity contribution in [1.29, 1.82) is 5.26 Å². The normalized spacial score (nSPS) is 13.0. The van der Waals surface area contributed by atoms with Gasteiger partial charge in [-0.15, -0.1) is 30.7 Å². The second kappa shape index (κ2) is 18.9. The number of benzene rings is 5. The lowest BCUT2D eigenvalue weighted by molar-refractivity contribution is 0.317. The Morgan fingerprint density at radius 2 is 1.40 bits per heavy atom. The predicted molar refractivity (Wildman–Crippen MR) is 259 cm³/mol. The van der Waals surface area contributed by atoms with Gasteiger partial charge in [0.05, 0.1) is 43.8 Å². The summed E-state index contributed by atoms with van der Waals surface area (Å²) in [5, 5.41) is 55.8. The van der Waals surface area contributed by atoms with Crippen LogP contribution in [0.25, 0.3) is 37.7 Å². The highest BCUT2D eigenvalue weighted by Crippen LogP contribution is 2.47. The number of phenols is 1. The Kier molecular flexibility index (Phi) is 13.5. The van der Waals surface area contributed by atoms with E-state index < -0.39 is 101 Å². The molecule has 0 aliphatic carbocycles. The van der Waals surface area contributed by atoms with Gasteiger partial charge in [0.15, 0.2) is 17.1 Å². The maximum Gasteiger partial charge on any atom is 0.297 e. The van der Waals surface area contributed by atoms with Crippen LogP contribution in [0.2, 0.25) is 10.0 Å². The van der Waals surface area contributed by atoms with Crippen LogP contribution in [-0.4, -0.2) is 88.8 Å². The second-order valence-electron chi connectivity index (χ2n) is 15.1. The Bertz CT molecular complexity index is 4270. The standard InChI is InChI=1S/C40H28Cl2N10O15S5/c1-17-10-26(29(67-8-5-9-69(55,56)57)15-25(17)46-51-40-45-33-22(41)14-23(42)37(36(33)68-40)72(64,65)66)47-50-34-31(71(61,62)63)12-19-11-30(70(58,59)60)27(13-20(19)35(34)53)48-49-32-18(2)21(16-43)38-44-24-6-3-4-7-28(24)52(38)39(32)54/h3-4,6-7,10-15,53-54H,5,8-9H2,1-2H3,(H,55,56,57)(H,58,59,60)(H,61,62,63)(H,64,65,66). The van der Waals surface area contributed by atoms with Crippen LogP contribution >= 0.6 is 34.5 Å². The van der Waals surface area contributed by atoms with Crippen LogP contribution < -0.4 is 4.74 Å². The smallest absolute Gasteiger partial charge is 0.297 e. The largest absolute Gasteiger partial charge is 0.505 e. The highest BCUT2D eigenvalue weighted by molar-refractivity contribution is 7.87. The van der Waals surface area contributed by atoms with Gasteiger partial charge in [0, 0.05) is 17.0 Å². The fraction of sp³-hybridized carbons (Fsp3) is 0.125. The van der Waals surface area contributed by atoms with Gasteiger partial charge >= 0.3 is 0 Å². The molecule has 0 radical (unpaired) electrons. The third kappa shape index (κ3) is 10.1. The molecule has 0 saturated heterocycles. The zero-order chi connectivity index (χ0) is 52.4. The Balaban J connectivity index is 1.24. The number of fused-ring (bicyclic) bond motifs is 5. The number of thiazole rings is 1. The first-order valence-corrected chi connectivity index (χ1v) is 27.2. The summed E-state index contributed by atoms with van der Waals surface area (Å²) in [6, 6.07) is 14.4. The molecular weight excluding hydrogens is 1090 g/mol. The van der Waals surface area contributed by atoms with Gasteiger partial charge in [-0.05, 0) is 73.7 Å². The molecule has 3 heterocycles. The lowest BCUT2D eigenvalue weighted by Gasteiger charge is -2.13. The van der Waals surface area contributed by atoms with Gasteiger partial charge < -0.3 is 14.9 Å². The van der Waals surface area contributed by atoms with Crippen molar-refractivity contribution in [3.05, 3.63) is 87.4 Å². The van der Waals surface area contributed by atoms with Crippen molar-refractivity contribution in [3.8, 4) is 23.4 Å². The van der Waals surface area contributed by atoms with Crippen molar-refractivity contribution in [2.24, 2.45) is 30.7 Å². The first-order valence-electron chi connectivity index (χ1n) is 19.7. The molecule has 372 valence electrons. The molecule has 0 aliphatic rings. The monoisotopic (exact) mass is 1120 g/mol. The van der Waals surface area contributed by atoms with Crippen molar-refractivity contribution < 1.29 is 66.8 Å². The van der Waals surface area contributed by atoms with Gasteiger partial charge in [-0.3, -0.25) is 22.6 Å². The Labute approximate surface area is 419 Å². The predicted octanol–water partition coefficient (Wildman–Crippen LogP) is 10.1. The summed E-state index contributed by atoms with van der Waals surface area (Å²) in [4.78, 5) is 5.81. The zero-order valence-electron chi connectivity index (χ0n) is 36.0. The maximum absolute atomic E-state index is 12.8. The molecule has 0 atom stereocenters. The minimum atomic E-state index is -5.35. The molecule has 72 heavy (non-hydrogen) atoms. The number of phenolic OH excluding ortho intramolecular Hbond substituents is 1. The van der Waals surface area contributed by atoms with Gasteiger partial charge in [-0.2, -0.15) is 38.9 Å². The summed E-state index contributed by atoms with van der Waals surface area (Å²) in [6.07, 6.45) is -0.275. The Morgan fingerprint density at radius 1 is 0.750 bits per heavy atom. The molecule has 32 heteroatoms. The maximum atomic E-state index is 12.8. The second-order valence-corrected chi connectivity index (χ2v) is 22.6. The lowest BCUT2D eigenvalue weighted by atomic mass is 10.1. The van der Waals surface area contributed by atoms with Gasteiger partial charge in [0.2, 0.25) is 11.0 Å². The number of aromatic hydroxyl groups is 2. The summed E-state index contributed by atoms with van der Waals surface area (Å²) in [5.41, 5.74) is -1.13. The number of para-hydroxylation sites is 2. The number of pyridine rings is 1. The van der Waals surface area contributed by atoms with E-state index in [4.69, 9.17) is 27.9 Å². The van der Waals surface area contributed by atoms with E-state index in [1.807, 2.05) is 6.07 Å². The molecule has 0 aliphatic heterocycles. The number of rotatable bonds is 14. The molecule has 0 amide bonds. The number of azo groups is 3. The van der Waals surface area contributed by atoms with E-state index in [2.05, 4.69) is 40.7 Å². The molecular formula is C40H28Cl2N10O15S5. The average Bonchev–Trinajstić information content (AvgIpc) is 3.88. The number of aryl methyl sites for hydroxylation is 1. The van der Waals surface area contributed by atoms with E-state index in [0.717, 1.165) is 12.1 Å². The topological polar surface area (TPSA) is 395 Å². The number of nitrogens with zero attached hydrogens (tertiary/aromatic N) is 10. The van der Waals surface area contributed by atoms with Crippen LogP contribution in [0, 0.1) is 25.2 Å². The third-order valence-electron chi connectivity index (χ3n) is 10.4. The summed E-state index contributed by atoms with van der Waals surface area (Å²) < 4.78 is 145. The van der Waals surface area contributed by atoms with Crippen molar-refractivity contribution in [2.75, 3.05) is 12.4 Å². The zero-order valence-corrected chi connectivity index (χ0v) is 41.6. The van der Waals surface area contributed by atoms with Crippen molar-refractivity contribution in [1.82, 2.24) is 14.4 Å². The van der Waals surface area contributed by atoms with Crippen LogP contribution in [0.15, 0.2) is 106 Å². The first kappa shape index (κ1) is 51.5. The average molecular weight is 1120 g/mol. The summed E-state index contributed by atoms with van der Waals surface area (Å²) >= 11 is 12.9. The molecule has 0 bridgehead atoms. The first-order chi connectivity index (χ1) is 33.7. The third-order valence-corrected chi connectivity index (χ3v) is 15.6. The number of hydrogen-bond acceptors (Lipinski definition) is 21. The minimum Gasteiger partial charge on any atom is -0.505 e. The van der Waals surface area contributed by atoms with Crippen LogP contribution in [0.4, 0.5) is 33.6 Å². The van der Waals surface area contributed by atoms with E-state index in [0.29, 0.717) is 34.5 Å². The molecule has 0 spiro atoms. The van der Waals surface area contributed by atoms with E-state index in [-0.39, 0.29) is 77.0 Å². The summed E-state index contributed by atoms with van der Waals surface area (Å²) in [6.45, 7) is 2.50. The molecule has 5 aromatic carbocycles. The van der Waals surface area contributed by atoms with E-state index in [9.17, 15) is 67.4 Å². The molecule has 0 saturated carbocycles. The molecule has 8 aromatic rings. The quantitative estimate of drug-likeness (QED) is 0.0335. The Hall–Kier alpha value is -6.89. The van der Waals surface area contributed by atoms with E-state index in [1.54, 1.807) is 24.3 Å². The van der Waals surface area contributed by atoms with Gasteiger partial charge in [-0.1, -0.05) is 46.7 Å². The number of ether oxygens (including phenoxy) is 1. The van der Waals surface area contributed by atoms with Crippen LogP contribution in [-0.2, 0) is 40.5 Å². The highest BCUT2D eigenvalue weighted by Gasteiger charge is 2.28. The number of hydrogen-bond donors (Lipinski definition) is 6. The van der Waals surface area contributed by atoms with E-state index >= 15 is 0 Å². The minimum absolute atomic E-state index is 0.0197. The summed E-state index contributed by atoms with van der Waals surface area (Å²) in [5.74, 6) is -2.59. The van der Waals surface area contributed by atoms with Gasteiger partial charge in [-0.25, -0.2) is 9.97 Å². The molecule has 3 aromatic heterocycles. The SMILES string of the molecule is Cc1cc(N=Nc2c(S(=O)(=O)O)cc3cc(S(=O)(=O)O)c(N=Nc4c(C)c(C#N)c5nc6ccccc6n5c4O)cc3c2O)c(OCCCS(=O)(=O)O)cc1N=Nc1nc2c(Cl)cc(Cl)c(S(=O)(=O)O)c2s1. The lowest BCUT2D eigenvalue weighted by Crippen LogP contribution is -2.08. The van der Waals surface area contributed by atoms with E-state index in [1.165, 1.54) is 30.4 Å².